The van der Waals surface area contributed by atoms with Crippen molar-refractivity contribution in [3.05, 3.63) is 76.8 Å². The van der Waals surface area contributed by atoms with Crippen LogP contribution in [0.3, 0.4) is 0 Å². The summed E-state index contributed by atoms with van der Waals surface area (Å²) >= 11 is 0. The number of carbonyl (C=O) groups is 2. The quantitative estimate of drug-likeness (QED) is 0.621. The molecule has 0 spiro atoms. The zero-order valence-corrected chi connectivity index (χ0v) is 20.3. The minimum absolute atomic E-state index is 0.0790. The second-order valence-corrected chi connectivity index (χ2v) is 9.77. The number of amides is 2. The molecule has 7 heteroatoms. The van der Waals surface area contributed by atoms with Crippen molar-refractivity contribution >= 4 is 28.6 Å². The Morgan fingerprint density at radius 1 is 1.23 bits per heavy atom. The van der Waals surface area contributed by atoms with Gasteiger partial charge in [0, 0.05) is 29.3 Å². The van der Waals surface area contributed by atoms with Gasteiger partial charge in [0.1, 0.15) is 17.2 Å². The van der Waals surface area contributed by atoms with Crippen LogP contribution in [0.5, 0.6) is 0 Å². The van der Waals surface area contributed by atoms with E-state index in [1.807, 2.05) is 44.2 Å². The number of nitrogens with zero attached hydrogens (tertiary/aromatic N) is 1. The highest BCUT2D eigenvalue weighted by molar-refractivity contribution is 6.32. The lowest BCUT2D eigenvalue weighted by atomic mass is 9.91. The standard InChI is InChI=1S/C28H30FN3O3/c1-4-32-13-5-6-20(32)16-30-26(33)18-9-7-17(8-10-18)22-15-24(35-28(22,2)3)25-21-12-11-19(29)14-23(21)31-27(25)34/h7-12,14-15,20H,4-6,13,16H2,1-3H3,(H,30,33)(H,31,34). The Bertz CT molecular complexity index is 1250. The van der Waals surface area contributed by atoms with Gasteiger partial charge in [-0.15, -0.1) is 0 Å². The molecule has 2 aromatic rings. The summed E-state index contributed by atoms with van der Waals surface area (Å²) in [5.41, 5.74) is 3.20. The summed E-state index contributed by atoms with van der Waals surface area (Å²) in [4.78, 5) is 27.8. The fraction of sp³-hybridized carbons (Fsp3) is 0.357. The molecule has 2 aromatic carbocycles. The summed E-state index contributed by atoms with van der Waals surface area (Å²) in [6.07, 6.45) is 4.16. The van der Waals surface area contributed by atoms with Crippen LogP contribution in [0.2, 0.25) is 0 Å². The Kier molecular flexibility index (Phi) is 5.97. The number of ether oxygens (including phenoxy) is 1. The third kappa shape index (κ3) is 4.36. The lowest BCUT2D eigenvalue weighted by Gasteiger charge is -2.24. The first-order valence-corrected chi connectivity index (χ1v) is 12.2. The van der Waals surface area contributed by atoms with Crippen LogP contribution < -0.4 is 10.6 Å². The van der Waals surface area contributed by atoms with Crippen molar-refractivity contribution in [1.29, 1.82) is 0 Å². The molecule has 5 rings (SSSR count). The molecule has 0 bridgehead atoms. The maximum absolute atomic E-state index is 13.6. The molecular weight excluding hydrogens is 445 g/mol. The van der Waals surface area contributed by atoms with E-state index >= 15 is 0 Å². The molecule has 1 fully saturated rings. The smallest absolute Gasteiger partial charge is 0.260 e. The fourth-order valence-corrected chi connectivity index (χ4v) is 5.26. The van der Waals surface area contributed by atoms with Crippen LogP contribution in [0, 0.1) is 5.82 Å². The second-order valence-electron chi connectivity index (χ2n) is 9.77. The Hall–Kier alpha value is -3.45. The normalized spacial score (nSPS) is 23.0. The number of likely N-dealkylation sites (tertiary alicyclic amines) is 1. The van der Waals surface area contributed by atoms with Gasteiger partial charge in [0.2, 0.25) is 0 Å². The molecular formula is C28H30FN3O3. The van der Waals surface area contributed by atoms with E-state index in [-0.39, 0.29) is 11.8 Å². The SMILES string of the molecule is CCN1CCCC1CNC(=O)c1ccc(C2=CC(=C3C(=O)Nc4cc(F)ccc43)OC2(C)C)cc1. The summed E-state index contributed by atoms with van der Waals surface area (Å²) in [6.45, 7) is 8.79. The molecule has 2 amide bonds. The maximum Gasteiger partial charge on any atom is 0.260 e. The van der Waals surface area contributed by atoms with Gasteiger partial charge in [-0.05, 0) is 81.7 Å². The zero-order valence-electron chi connectivity index (χ0n) is 20.3. The Balaban J connectivity index is 1.36. The van der Waals surface area contributed by atoms with Gasteiger partial charge in [0.25, 0.3) is 11.8 Å². The molecule has 1 unspecified atom stereocenters. The van der Waals surface area contributed by atoms with E-state index in [1.165, 1.54) is 18.6 Å². The molecule has 1 saturated heterocycles. The van der Waals surface area contributed by atoms with Crippen LogP contribution in [-0.4, -0.2) is 48.0 Å². The number of anilines is 1. The van der Waals surface area contributed by atoms with Crippen molar-refractivity contribution in [3.8, 4) is 0 Å². The number of hydrogen-bond acceptors (Lipinski definition) is 4. The van der Waals surface area contributed by atoms with Crippen molar-refractivity contribution in [2.45, 2.75) is 45.3 Å². The average molecular weight is 476 g/mol. The van der Waals surface area contributed by atoms with Gasteiger partial charge in [-0.3, -0.25) is 14.5 Å². The highest BCUT2D eigenvalue weighted by Crippen LogP contribution is 2.44. The maximum atomic E-state index is 13.6. The van der Waals surface area contributed by atoms with E-state index in [2.05, 4.69) is 22.5 Å². The first kappa shape index (κ1) is 23.3. The predicted molar refractivity (Wildman–Crippen MR) is 134 cm³/mol. The Morgan fingerprint density at radius 2 is 2.00 bits per heavy atom. The molecule has 35 heavy (non-hydrogen) atoms. The molecule has 0 radical (unpaired) electrons. The third-order valence-electron chi connectivity index (χ3n) is 7.12. The summed E-state index contributed by atoms with van der Waals surface area (Å²) < 4.78 is 19.8. The van der Waals surface area contributed by atoms with Gasteiger partial charge >= 0.3 is 0 Å². The van der Waals surface area contributed by atoms with Crippen LogP contribution in [0.1, 0.15) is 55.1 Å². The highest BCUT2D eigenvalue weighted by atomic mass is 19.1. The number of nitrogens with one attached hydrogen (secondary N) is 2. The number of likely N-dealkylation sites (N-methyl/N-ethyl adjacent to an activating group) is 1. The van der Waals surface area contributed by atoms with E-state index in [4.69, 9.17) is 4.74 Å². The number of carbonyl (C=O) groups excluding carboxylic acids is 2. The summed E-state index contributed by atoms with van der Waals surface area (Å²) in [7, 11) is 0. The van der Waals surface area contributed by atoms with Crippen molar-refractivity contribution in [1.82, 2.24) is 10.2 Å². The van der Waals surface area contributed by atoms with Crippen molar-refractivity contribution in [2.24, 2.45) is 0 Å². The highest BCUT2D eigenvalue weighted by Gasteiger charge is 2.38. The van der Waals surface area contributed by atoms with Crippen molar-refractivity contribution in [3.63, 3.8) is 0 Å². The molecule has 3 heterocycles. The molecule has 3 aliphatic heterocycles. The number of allylic oxidation sites excluding steroid dienone is 1. The lowest BCUT2D eigenvalue weighted by Crippen LogP contribution is -2.40. The monoisotopic (exact) mass is 475 g/mol. The fourth-order valence-electron chi connectivity index (χ4n) is 5.26. The molecule has 0 aliphatic carbocycles. The van der Waals surface area contributed by atoms with Crippen LogP contribution in [0.25, 0.3) is 11.1 Å². The van der Waals surface area contributed by atoms with Gasteiger partial charge in [-0.2, -0.15) is 0 Å². The lowest BCUT2D eigenvalue weighted by molar-refractivity contribution is -0.111. The minimum atomic E-state index is -0.679. The van der Waals surface area contributed by atoms with Gasteiger partial charge in [0.15, 0.2) is 0 Å². The van der Waals surface area contributed by atoms with Crippen molar-refractivity contribution < 1.29 is 18.7 Å². The summed E-state index contributed by atoms with van der Waals surface area (Å²) in [6, 6.07) is 12.1. The van der Waals surface area contributed by atoms with E-state index in [0.29, 0.717) is 40.7 Å². The van der Waals surface area contributed by atoms with Crippen LogP contribution in [0.4, 0.5) is 10.1 Å². The molecule has 0 saturated carbocycles. The van der Waals surface area contributed by atoms with E-state index in [1.54, 1.807) is 6.07 Å². The molecule has 0 aromatic heterocycles. The van der Waals surface area contributed by atoms with Gasteiger partial charge < -0.3 is 15.4 Å². The summed E-state index contributed by atoms with van der Waals surface area (Å²) in [5, 5.41) is 5.79. The van der Waals surface area contributed by atoms with E-state index in [9.17, 15) is 14.0 Å². The number of benzene rings is 2. The third-order valence-corrected chi connectivity index (χ3v) is 7.12. The minimum Gasteiger partial charge on any atom is -0.482 e. The average Bonchev–Trinajstić information content (AvgIpc) is 3.51. The number of hydrogen-bond donors (Lipinski definition) is 2. The zero-order chi connectivity index (χ0) is 24.7. The topological polar surface area (TPSA) is 70.7 Å². The molecule has 182 valence electrons. The Labute approximate surface area is 204 Å². The molecule has 1 atom stereocenters. The van der Waals surface area contributed by atoms with Gasteiger partial charge in [-0.25, -0.2) is 4.39 Å². The molecule has 2 N–H and O–H groups in total. The van der Waals surface area contributed by atoms with Crippen LogP contribution >= 0.6 is 0 Å². The first-order valence-electron chi connectivity index (χ1n) is 12.2. The molecule has 6 nitrogen and oxygen atoms in total. The number of rotatable bonds is 5. The number of fused-ring (bicyclic) bond motifs is 1. The van der Waals surface area contributed by atoms with Crippen LogP contribution in [-0.2, 0) is 9.53 Å². The first-order chi connectivity index (χ1) is 16.8. The summed E-state index contributed by atoms with van der Waals surface area (Å²) in [5.74, 6) is -0.351. The van der Waals surface area contributed by atoms with E-state index < -0.39 is 11.4 Å². The number of halogens is 1. The second kappa shape index (κ2) is 8.96. The largest absolute Gasteiger partial charge is 0.482 e. The molecule has 3 aliphatic rings. The van der Waals surface area contributed by atoms with Gasteiger partial charge in [-0.1, -0.05) is 19.1 Å². The Morgan fingerprint density at radius 3 is 2.74 bits per heavy atom. The van der Waals surface area contributed by atoms with Crippen LogP contribution in [0.15, 0.2) is 54.3 Å². The van der Waals surface area contributed by atoms with Gasteiger partial charge in [0.05, 0.1) is 11.3 Å². The van der Waals surface area contributed by atoms with Crippen molar-refractivity contribution in [2.75, 3.05) is 25.0 Å². The predicted octanol–water partition coefficient (Wildman–Crippen LogP) is 4.60. The van der Waals surface area contributed by atoms with E-state index in [0.717, 1.165) is 30.6 Å².